The molecule has 1 aromatic rings. The summed E-state index contributed by atoms with van der Waals surface area (Å²) >= 11 is 9.46. The Morgan fingerprint density at radius 3 is 3.00 bits per heavy atom. The van der Waals surface area contributed by atoms with Crippen LogP contribution in [0.3, 0.4) is 0 Å². The number of hydrogen-bond donors (Lipinski definition) is 1. The summed E-state index contributed by atoms with van der Waals surface area (Å²) in [6.45, 7) is 0. The van der Waals surface area contributed by atoms with Crippen LogP contribution >= 0.6 is 24.2 Å². The van der Waals surface area contributed by atoms with Crippen molar-refractivity contribution in [2.45, 2.75) is 6.42 Å². The van der Waals surface area contributed by atoms with Crippen molar-refractivity contribution in [1.29, 1.82) is 0 Å². The fourth-order valence-corrected chi connectivity index (χ4v) is 1.07. The van der Waals surface area contributed by atoms with Gasteiger partial charge in [-0.1, -0.05) is 23.8 Å². The molecule has 0 saturated heterocycles. The first kappa shape index (κ1) is 10.5. The standard InChI is InChI=1S/C9H9ClFNS/c10-9-8(11)5-7(6-12-9)3-1-2-4-13/h1,3,5-6,13H,2,4H2. The fourth-order valence-electron chi connectivity index (χ4n) is 0.821. The summed E-state index contributed by atoms with van der Waals surface area (Å²) in [6, 6.07) is 1.35. The Balaban J connectivity index is 2.73. The Morgan fingerprint density at radius 1 is 1.62 bits per heavy atom. The zero-order valence-electron chi connectivity index (χ0n) is 6.87. The Kier molecular flexibility index (Phi) is 4.25. The zero-order valence-corrected chi connectivity index (χ0v) is 8.52. The van der Waals surface area contributed by atoms with Gasteiger partial charge in [0.25, 0.3) is 0 Å². The highest BCUT2D eigenvalue weighted by Gasteiger charge is 1.99. The molecule has 0 saturated carbocycles. The van der Waals surface area contributed by atoms with Crippen LogP contribution in [0.1, 0.15) is 12.0 Å². The van der Waals surface area contributed by atoms with E-state index in [0.29, 0.717) is 5.56 Å². The molecule has 0 atom stereocenters. The Hall–Kier alpha value is -0.540. The maximum absolute atomic E-state index is 12.8. The van der Waals surface area contributed by atoms with Gasteiger partial charge in [0, 0.05) is 6.20 Å². The van der Waals surface area contributed by atoms with Crippen LogP contribution in [0.4, 0.5) is 4.39 Å². The van der Waals surface area contributed by atoms with Gasteiger partial charge < -0.3 is 0 Å². The molecule has 13 heavy (non-hydrogen) atoms. The van der Waals surface area contributed by atoms with E-state index in [0.717, 1.165) is 12.2 Å². The number of hydrogen-bond acceptors (Lipinski definition) is 2. The van der Waals surface area contributed by atoms with Gasteiger partial charge in [-0.2, -0.15) is 12.6 Å². The molecule has 1 nitrogen and oxygen atoms in total. The van der Waals surface area contributed by atoms with Gasteiger partial charge in [0.15, 0.2) is 11.0 Å². The minimum absolute atomic E-state index is 0.0913. The number of thiol groups is 1. The monoisotopic (exact) mass is 217 g/mol. The number of nitrogens with zero attached hydrogens (tertiary/aromatic N) is 1. The summed E-state index contributed by atoms with van der Waals surface area (Å²) in [5, 5.41) is -0.0913. The predicted molar refractivity (Wildman–Crippen MR) is 56.7 cm³/mol. The highest BCUT2D eigenvalue weighted by molar-refractivity contribution is 7.80. The number of halogens is 2. The SMILES string of the molecule is Fc1cc(C=CCCS)cnc1Cl. The molecule has 0 radical (unpaired) electrons. The van der Waals surface area contributed by atoms with Crippen LogP contribution in [0, 0.1) is 5.82 Å². The van der Waals surface area contributed by atoms with E-state index < -0.39 is 5.82 Å². The van der Waals surface area contributed by atoms with Crippen molar-refractivity contribution >= 4 is 30.3 Å². The van der Waals surface area contributed by atoms with Crippen LogP contribution in [0.25, 0.3) is 6.08 Å². The molecule has 0 aliphatic heterocycles. The normalized spacial score (nSPS) is 11.0. The summed E-state index contributed by atoms with van der Waals surface area (Å²) < 4.78 is 12.8. The highest BCUT2D eigenvalue weighted by atomic mass is 35.5. The van der Waals surface area contributed by atoms with E-state index in [-0.39, 0.29) is 5.15 Å². The summed E-state index contributed by atoms with van der Waals surface area (Å²) in [5.74, 6) is 0.287. The molecule has 0 aliphatic rings. The molecule has 0 spiro atoms. The lowest BCUT2D eigenvalue weighted by Crippen LogP contribution is -1.83. The first-order valence-electron chi connectivity index (χ1n) is 3.82. The number of rotatable bonds is 3. The molecule has 0 amide bonds. The van der Waals surface area contributed by atoms with Gasteiger partial charge in [0.2, 0.25) is 0 Å². The maximum Gasteiger partial charge on any atom is 0.164 e. The van der Waals surface area contributed by atoms with Gasteiger partial charge in [-0.3, -0.25) is 0 Å². The highest BCUT2D eigenvalue weighted by Crippen LogP contribution is 2.12. The van der Waals surface area contributed by atoms with Crippen molar-refractivity contribution in [2.75, 3.05) is 5.75 Å². The van der Waals surface area contributed by atoms with Crippen molar-refractivity contribution in [3.05, 3.63) is 34.9 Å². The lowest BCUT2D eigenvalue weighted by Gasteiger charge is -1.94. The molecular weight excluding hydrogens is 209 g/mol. The number of aromatic nitrogens is 1. The molecule has 0 N–H and O–H groups in total. The second-order valence-electron chi connectivity index (χ2n) is 2.46. The van der Waals surface area contributed by atoms with Crippen molar-refractivity contribution < 1.29 is 4.39 Å². The van der Waals surface area contributed by atoms with E-state index in [1.807, 2.05) is 6.08 Å². The lowest BCUT2D eigenvalue weighted by molar-refractivity contribution is 0.621. The topological polar surface area (TPSA) is 12.9 Å². The first-order chi connectivity index (χ1) is 6.24. The van der Waals surface area contributed by atoms with Gasteiger partial charge in [-0.25, -0.2) is 9.37 Å². The molecule has 1 aromatic heterocycles. The van der Waals surface area contributed by atoms with Crippen molar-refractivity contribution in [3.8, 4) is 0 Å². The van der Waals surface area contributed by atoms with E-state index in [4.69, 9.17) is 11.6 Å². The van der Waals surface area contributed by atoms with Crippen molar-refractivity contribution in [3.63, 3.8) is 0 Å². The summed E-state index contributed by atoms with van der Waals surface area (Å²) in [7, 11) is 0. The van der Waals surface area contributed by atoms with E-state index in [2.05, 4.69) is 17.6 Å². The second kappa shape index (κ2) is 5.25. The van der Waals surface area contributed by atoms with E-state index >= 15 is 0 Å². The molecule has 4 heteroatoms. The minimum atomic E-state index is -0.491. The Morgan fingerprint density at radius 2 is 2.38 bits per heavy atom. The molecular formula is C9H9ClFNS. The van der Waals surface area contributed by atoms with Crippen LogP contribution < -0.4 is 0 Å². The second-order valence-corrected chi connectivity index (χ2v) is 3.26. The van der Waals surface area contributed by atoms with Gasteiger partial charge in [-0.05, 0) is 23.8 Å². The third-order valence-corrected chi connectivity index (χ3v) is 1.96. The third kappa shape index (κ3) is 3.36. The fraction of sp³-hybridized carbons (Fsp3) is 0.222. The predicted octanol–water partition coefficient (Wildman–Crippen LogP) is 3.21. The first-order valence-corrected chi connectivity index (χ1v) is 4.83. The molecule has 0 aromatic carbocycles. The number of pyridine rings is 1. The van der Waals surface area contributed by atoms with E-state index in [1.54, 1.807) is 6.08 Å². The average molecular weight is 218 g/mol. The van der Waals surface area contributed by atoms with E-state index in [1.165, 1.54) is 12.3 Å². The molecule has 0 fully saturated rings. The lowest BCUT2D eigenvalue weighted by atomic mass is 10.2. The maximum atomic E-state index is 12.8. The largest absolute Gasteiger partial charge is 0.241 e. The number of allylic oxidation sites excluding steroid dienone is 1. The molecule has 1 rings (SSSR count). The van der Waals surface area contributed by atoms with Crippen LogP contribution in [-0.2, 0) is 0 Å². The Labute approximate surface area is 87.0 Å². The molecule has 1 heterocycles. The van der Waals surface area contributed by atoms with Gasteiger partial charge in [-0.15, -0.1) is 0 Å². The van der Waals surface area contributed by atoms with Crippen LogP contribution in [-0.4, -0.2) is 10.7 Å². The smallest absolute Gasteiger partial charge is 0.164 e. The van der Waals surface area contributed by atoms with Crippen LogP contribution in [0.15, 0.2) is 18.3 Å². The van der Waals surface area contributed by atoms with Gasteiger partial charge >= 0.3 is 0 Å². The zero-order chi connectivity index (χ0) is 9.68. The Bertz CT molecular complexity index is 314. The molecule has 0 unspecified atom stereocenters. The van der Waals surface area contributed by atoms with Crippen LogP contribution in [0.2, 0.25) is 5.15 Å². The summed E-state index contributed by atoms with van der Waals surface area (Å²) in [5.41, 5.74) is 0.712. The molecule has 70 valence electrons. The third-order valence-electron chi connectivity index (χ3n) is 1.42. The van der Waals surface area contributed by atoms with E-state index in [9.17, 15) is 4.39 Å². The average Bonchev–Trinajstić information content (AvgIpc) is 2.12. The quantitative estimate of drug-likeness (QED) is 0.606. The molecule has 0 bridgehead atoms. The van der Waals surface area contributed by atoms with Crippen LogP contribution in [0.5, 0.6) is 0 Å². The summed E-state index contributed by atoms with van der Waals surface area (Å²) in [6.07, 6.45) is 6.09. The van der Waals surface area contributed by atoms with Gasteiger partial charge in [0.05, 0.1) is 0 Å². The van der Waals surface area contributed by atoms with Crippen molar-refractivity contribution in [1.82, 2.24) is 4.98 Å². The van der Waals surface area contributed by atoms with Gasteiger partial charge in [0.1, 0.15) is 0 Å². The van der Waals surface area contributed by atoms with Crippen molar-refractivity contribution in [2.24, 2.45) is 0 Å². The molecule has 0 aliphatic carbocycles. The summed E-state index contributed by atoms with van der Waals surface area (Å²) in [4.78, 5) is 3.68. The minimum Gasteiger partial charge on any atom is -0.241 e.